The lowest BCUT2D eigenvalue weighted by atomic mass is 9.90. The van der Waals surface area contributed by atoms with Crippen molar-refractivity contribution in [1.29, 1.82) is 0 Å². The Morgan fingerprint density at radius 3 is 1.79 bits per heavy atom. The lowest BCUT2D eigenvalue weighted by molar-refractivity contribution is -0.254. The van der Waals surface area contributed by atoms with Crippen LogP contribution in [0.3, 0.4) is 0 Å². The summed E-state index contributed by atoms with van der Waals surface area (Å²) in [5.41, 5.74) is 5.45. The molecule has 1 aliphatic carbocycles. The van der Waals surface area contributed by atoms with E-state index >= 15 is 0 Å². The minimum Gasteiger partial charge on any atom is -0.545 e. The van der Waals surface area contributed by atoms with E-state index < -0.39 is 17.8 Å². The number of carboxylic acids is 1. The van der Waals surface area contributed by atoms with E-state index in [-0.39, 0.29) is 5.56 Å². The highest BCUT2D eigenvalue weighted by atomic mass is 16.4. The van der Waals surface area contributed by atoms with Crippen LogP contribution in [0.1, 0.15) is 31.1 Å². The molecule has 5 aromatic rings. The van der Waals surface area contributed by atoms with E-state index in [9.17, 15) is 19.5 Å². The summed E-state index contributed by atoms with van der Waals surface area (Å²) < 4.78 is 0. The van der Waals surface area contributed by atoms with Gasteiger partial charge in [-0.25, -0.2) is 4.90 Å². The molecule has 0 spiro atoms. The molecule has 0 atom stereocenters. The van der Waals surface area contributed by atoms with Crippen LogP contribution in [0.25, 0.3) is 43.8 Å². The Bertz CT molecular complexity index is 1730. The highest BCUT2D eigenvalue weighted by Crippen LogP contribution is 2.49. The van der Waals surface area contributed by atoms with Crippen molar-refractivity contribution >= 4 is 45.0 Å². The molecule has 0 fully saturated rings. The molecule has 34 heavy (non-hydrogen) atoms. The standard InChI is InChI=1S/C29H15NO4/c31-27-22-10-4-8-18-20(29(33)34)11-12-23(26(18)22)28(32)30(27)24-14-13-19-16-6-2-1-5-15(16)17-7-3-9-21(24)25(17)19/h1-14H,(H,33,34)/p-1. The molecule has 0 N–H and O–H groups in total. The zero-order chi connectivity index (χ0) is 23.1. The van der Waals surface area contributed by atoms with Gasteiger partial charge in [-0.15, -0.1) is 0 Å². The number of anilines is 1. The first-order valence-electron chi connectivity index (χ1n) is 10.9. The van der Waals surface area contributed by atoms with Crippen molar-refractivity contribution < 1.29 is 19.5 Å². The van der Waals surface area contributed by atoms with E-state index in [1.54, 1.807) is 18.2 Å². The number of amides is 2. The van der Waals surface area contributed by atoms with E-state index in [4.69, 9.17) is 0 Å². The van der Waals surface area contributed by atoms with Gasteiger partial charge in [0.25, 0.3) is 11.8 Å². The van der Waals surface area contributed by atoms with Gasteiger partial charge in [0.2, 0.25) is 0 Å². The molecule has 7 rings (SSSR count). The molecular weight excluding hydrogens is 426 g/mol. The van der Waals surface area contributed by atoms with Crippen LogP contribution in [0.5, 0.6) is 0 Å². The number of fused-ring (bicyclic) bond motifs is 3. The van der Waals surface area contributed by atoms with Crippen LogP contribution in [-0.2, 0) is 0 Å². The number of benzene rings is 5. The van der Waals surface area contributed by atoms with Gasteiger partial charge in [0, 0.05) is 27.5 Å². The predicted molar refractivity (Wildman–Crippen MR) is 128 cm³/mol. The van der Waals surface area contributed by atoms with E-state index in [1.807, 2.05) is 36.4 Å². The average molecular weight is 440 g/mol. The first-order chi connectivity index (χ1) is 16.6. The van der Waals surface area contributed by atoms with Gasteiger partial charge in [-0.2, -0.15) is 0 Å². The van der Waals surface area contributed by atoms with Crippen molar-refractivity contribution in [2.24, 2.45) is 0 Å². The van der Waals surface area contributed by atoms with Crippen LogP contribution in [0.15, 0.2) is 84.9 Å². The number of carbonyl (C=O) groups is 3. The van der Waals surface area contributed by atoms with Gasteiger partial charge in [0.15, 0.2) is 0 Å². The van der Waals surface area contributed by atoms with Crippen molar-refractivity contribution in [2.45, 2.75) is 0 Å². The fourth-order valence-electron chi connectivity index (χ4n) is 5.48. The molecular formula is C29H14NO4-. The Balaban J connectivity index is 1.49. The smallest absolute Gasteiger partial charge is 0.266 e. The van der Waals surface area contributed by atoms with Gasteiger partial charge in [-0.05, 0) is 51.2 Å². The molecule has 2 amide bonds. The molecule has 0 bridgehead atoms. The topological polar surface area (TPSA) is 77.5 Å². The summed E-state index contributed by atoms with van der Waals surface area (Å²) in [7, 11) is 0. The Labute approximate surface area is 193 Å². The first-order valence-corrected chi connectivity index (χ1v) is 10.9. The van der Waals surface area contributed by atoms with Crippen LogP contribution in [-0.4, -0.2) is 17.8 Å². The summed E-state index contributed by atoms with van der Waals surface area (Å²) in [4.78, 5) is 40.2. The summed E-state index contributed by atoms with van der Waals surface area (Å²) in [5.74, 6) is -2.30. The quantitative estimate of drug-likeness (QED) is 0.362. The molecule has 5 aromatic carbocycles. The Kier molecular flexibility index (Phi) is 3.53. The van der Waals surface area contributed by atoms with Crippen molar-refractivity contribution in [3.05, 3.63) is 102 Å². The molecule has 5 nitrogen and oxygen atoms in total. The van der Waals surface area contributed by atoms with Crippen LogP contribution < -0.4 is 10.0 Å². The predicted octanol–water partition coefficient (Wildman–Crippen LogP) is 4.80. The fraction of sp³-hybridized carbons (Fsp3) is 0. The van der Waals surface area contributed by atoms with Gasteiger partial charge < -0.3 is 9.90 Å². The van der Waals surface area contributed by atoms with Gasteiger partial charge in [0.1, 0.15) is 0 Å². The largest absolute Gasteiger partial charge is 0.545 e. The van der Waals surface area contributed by atoms with Crippen LogP contribution in [0, 0.1) is 0 Å². The number of rotatable bonds is 2. The molecule has 0 saturated carbocycles. The molecule has 160 valence electrons. The van der Waals surface area contributed by atoms with Crippen molar-refractivity contribution in [3.8, 4) is 22.3 Å². The lowest BCUT2D eigenvalue weighted by Gasteiger charge is -2.29. The van der Waals surface area contributed by atoms with Crippen molar-refractivity contribution in [1.82, 2.24) is 0 Å². The number of aromatic carboxylic acids is 1. The summed E-state index contributed by atoms with van der Waals surface area (Å²) in [5, 5.41) is 14.1. The van der Waals surface area contributed by atoms with Gasteiger partial charge in [-0.3, -0.25) is 9.59 Å². The Hall–Kier alpha value is -4.77. The fourth-order valence-corrected chi connectivity index (χ4v) is 5.48. The zero-order valence-electron chi connectivity index (χ0n) is 17.7. The third-order valence-corrected chi connectivity index (χ3v) is 6.89. The maximum atomic E-state index is 13.7. The van der Waals surface area contributed by atoms with E-state index in [2.05, 4.69) is 18.2 Å². The van der Waals surface area contributed by atoms with E-state index in [0.717, 1.165) is 33.0 Å². The van der Waals surface area contributed by atoms with Crippen LogP contribution >= 0.6 is 0 Å². The molecule has 0 aromatic heterocycles. The Morgan fingerprint density at radius 2 is 1.09 bits per heavy atom. The van der Waals surface area contributed by atoms with Crippen LogP contribution in [0.4, 0.5) is 5.69 Å². The first kappa shape index (κ1) is 18.8. The second kappa shape index (κ2) is 6.39. The molecule has 5 heteroatoms. The monoisotopic (exact) mass is 440 g/mol. The number of nitrogens with zero attached hydrogens (tertiary/aromatic N) is 1. The summed E-state index contributed by atoms with van der Waals surface area (Å²) >= 11 is 0. The molecule has 1 aliphatic heterocycles. The third-order valence-electron chi connectivity index (χ3n) is 6.89. The van der Waals surface area contributed by atoms with E-state index in [0.29, 0.717) is 27.6 Å². The summed E-state index contributed by atoms with van der Waals surface area (Å²) in [6.45, 7) is 0. The summed E-state index contributed by atoms with van der Waals surface area (Å²) in [6, 6.07) is 25.5. The number of carboxylic acid groups (broad SMARTS) is 1. The number of carbonyl (C=O) groups excluding carboxylic acids is 3. The molecule has 1 heterocycles. The van der Waals surface area contributed by atoms with Gasteiger partial charge >= 0.3 is 0 Å². The second-order valence-electron chi connectivity index (χ2n) is 8.53. The maximum Gasteiger partial charge on any atom is 0.266 e. The highest BCUT2D eigenvalue weighted by molar-refractivity contribution is 6.38. The normalized spacial score (nSPS) is 13.6. The zero-order valence-corrected chi connectivity index (χ0v) is 17.7. The summed E-state index contributed by atoms with van der Waals surface area (Å²) in [6.07, 6.45) is 0. The Morgan fingerprint density at radius 1 is 0.559 bits per heavy atom. The third kappa shape index (κ3) is 2.20. The molecule has 0 radical (unpaired) electrons. The lowest BCUT2D eigenvalue weighted by Crippen LogP contribution is -2.40. The second-order valence-corrected chi connectivity index (χ2v) is 8.53. The molecule has 0 saturated heterocycles. The van der Waals surface area contributed by atoms with Crippen molar-refractivity contribution in [2.75, 3.05) is 4.90 Å². The number of hydrogen-bond donors (Lipinski definition) is 0. The molecule has 2 aliphatic rings. The average Bonchev–Trinajstić information content (AvgIpc) is 3.19. The molecule has 0 unspecified atom stereocenters. The van der Waals surface area contributed by atoms with Gasteiger partial charge in [-0.1, -0.05) is 66.7 Å². The van der Waals surface area contributed by atoms with E-state index in [1.165, 1.54) is 17.0 Å². The van der Waals surface area contributed by atoms with Gasteiger partial charge in [0.05, 0.1) is 11.7 Å². The van der Waals surface area contributed by atoms with Crippen LogP contribution in [0.2, 0.25) is 0 Å². The maximum absolute atomic E-state index is 13.7. The van der Waals surface area contributed by atoms with Crippen molar-refractivity contribution in [3.63, 3.8) is 0 Å². The minimum absolute atomic E-state index is 0.0437. The highest BCUT2D eigenvalue weighted by Gasteiger charge is 2.36. The minimum atomic E-state index is -1.35. The number of hydrogen-bond acceptors (Lipinski definition) is 4. The number of imide groups is 1. The SMILES string of the molecule is O=C([O-])c1ccc2c3c(cccc13)C(=O)N(c1ccc3c4c(cccc14)-c1ccccc1-3)C2=O.